The van der Waals surface area contributed by atoms with Crippen molar-refractivity contribution in [3.05, 3.63) is 33.9 Å². The standard InChI is InChI=1S/C15H20N2O4/c1-3-11-6-7-16(14(8-11)15(18)19)12-5-4-10(2)13(9-12)17(20)21/h4-5,9,11,14H,3,6-8H2,1-2H3,(H,18,19). The SMILES string of the molecule is CCC1CCN(c2ccc(C)c([N+](=O)[O-])c2)C(C(=O)O)C1. The molecule has 1 saturated heterocycles. The van der Waals surface area contributed by atoms with Crippen LogP contribution in [0.2, 0.25) is 0 Å². The molecular formula is C15H20N2O4. The molecule has 0 aromatic heterocycles. The number of carboxylic acids is 1. The second kappa shape index (κ2) is 6.11. The van der Waals surface area contributed by atoms with Gasteiger partial charge in [0.05, 0.1) is 4.92 Å². The molecule has 0 amide bonds. The summed E-state index contributed by atoms with van der Waals surface area (Å²) in [6, 6.07) is 4.33. The van der Waals surface area contributed by atoms with Gasteiger partial charge in [0.25, 0.3) is 5.69 Å². The fraction of sp³-hybridized carbons (Fsp3) is 0.533. The van der Waals surface area contributed by atoms with Crippen LogP contribution < -0.4 is 4.90 Å². The quantitative estimate of drug-likeness (QED) is 0.681. The first-order valence-electron chi connectivity index (χ1n) is 7.18. The van der Waals surface area contributed by atoms with Gasteiger partial charge in [-0.2, -0.15) is 0 Å². The number of nitro benzene ring substituents is 1. The summed E-state index contributed by atoms with van der Waals surface area (Å²) in [7, 11) is 0. The number of aliphatic carboxylic acids is 1. The second-order valence-corrected chi connectivity index (χ2v) is 5.57. The minimum atomic E-state index is -0.864. The maximum atomic E-state index is 11.5. The summed E-state index contributed by atoms with van der Waals surface area (Å²) in [6.07, 6.45) is 2.47. The number of nitrogens with zero attached hydrogens (tertiary/aromatic N) is 2. The Morgan fingerprint density at radius 2 is 2.24 bits per heavy atom. The lowest BCUT2D eigenvalue weighted by molar-refractivity contribution is -0.385. The van der Waals surface area contributed by atoms with E-state index in [1.54, 1.807) is 24.0 Å². The number of hydrogen-bond donors (Lipinski definition) is 1. The predicted molar refractivity (Wildman–Crippen MR) is 79.6 cm³/mol. The first kappa shape index (κ1) is 15.3. The van der Waals surface area contributed by atoms with E-state index in [9.17, 15) is 20.0 Å². The van der Waals surface area contributed by atoms with Gasteiger partial charge in [-0.05, 0) is 31.7 Å². The predicted octanol–water partition coefficient (Wildman–Crippen LogP) is 2.98. The molecule has 2 rings (SSSR count). The fourth-order valence-corrected chi connectivity index (χ4v) is 2.93. The Kier molecular flexibility index (Phi) is 4.45. The van der Waals surface area contributed by atoms with Gasteiger partial charge in [0.1, 0.15) is 6.04 Å². The largest absolute Gasteiger partial charge is 0.480 e. The average molecular weight is 292 g/mol. The smallest absolute Gasteiger partial charge is 0.326 e. The summed E-state index contributed by atoms with van der Waals surface area (Å²) < 4.78 is 0. The monoisotopic (exact) mass is 292 g/mol. The topological polar surface area (TPSA) is 83.7 Å². The maximum Gasteiger partial charge on any atom is 0.326 e. The maximum absolute atomic E-state index is 11.5. The number of carbonyl (C=O) groups is 1. The molecule has 1 fully saturated rings. The zero-order valence-electron chi connectivity index (χ0n) is 12.3. The highest BCUT2D eigenvalue weighted by molar-refractivity contribution is 5.79. The molecule has 114 valence electrons. The van der Waals surface area contributed by atoms with E-state index in [0.29, 0.717) is 30.1 Å². The Morgan fingerprint density at radius 1 is 1.52 bits per heavy atom. The second-order valence-electron chi connectivity index (χ2n) is 5.57. The van der Waals surface area contributed by atoms with E-state index in [0.717, 1.165) is 12.8 Å². The normalized spacial score (nSPS) is 22.1. The van der Waals surface area contributed by atoms with E-state index in [1.165, 1.54) is 6.07 Å². The molecule has 21 heavy (non-hydrogen) atoms. The van der Waals surface area contributed by atoms with Gasteiger partial charge < -0.3 is 10.0 Å². The van der Waals surface area contributed by atoms with Gasteiger partial charge in [-0.15, -0.1) is 0 Å². The van der Waals surface area contributed by atoms with Gasteiger partial charge in [-0.1, -0.05) is 19.4 Å². The Balaban J connectivity index is 2.33. The lowest BCUT2D eigenvalue weighted by atomic mass is 9.88. The molecule has 0 spiro atoms. The van der Waals surface area contributed by atoms with E-state index in [-0.39, 0.29) is 5.69 Å². The van der Waals surface area contributed by atoms with Gasteiger partial charge in [0, 0.05) is 23.9 Å². The fourth-order valence-electron chi connectivity index (χ4n) is 2.93. The molecule has 1 aliphatic heterocycles. The van der Waals surface area contributed by atoms with E-state index in [2.05, 4.69) is 6.92 Å². The molecule has 2 atom stereocenters. The minimum Gasteiger partial charge on any atom is -0.480 e. The molecule has 0 aliphatic carbocycles. The third kappa shape index (κ3) is 3.15. The van der Waals surface area contributed by atoms with Gasteiger partial charge in [-0.3, -0.25) is 10.1 Å². The van der Waals surface area contributed by atoms with Crippen molar-refractivity contribution in [3.8, 4) is 0 Å². The van der Waals surface area contributed by atoms with Crippen molar-refractivity contribution in [2.24, 2.45) is 5.92 Å². The molecule has 0 saturated carbocycles. The van der Waals surface area contributed by atoms with E-state index >= 15 is 0 Å². The van der Waals surface area contributed by atoms with Gasteiger partial charge in [0.15, 0.2) is 0 Å². The van der Waals surface area contributed by atoms with Crippen molar-refractivity contribution in [3.63, 3.8) is 0 Å². The van der Waals surface area contributed by atoms with Crippen molar-refractivity contribution in [2.45, 2.75) is 39.2 Å². The van der Waals surface area contributed by atoms with Crippen LogP contribution in [-0.4, -0.2) is 28.6 Å². The Hall–Kier alpha value is -2.11. The Labute approximate surface area is 123 Å². The summed E-state index contributed by atoms with van der Waals surface area (Å²) in [5, 5.41) is 20.5. The third-order valence-electron chi connectivity index (χ3n) is 4.29. The Bertz CT molecular complexity index is 559. The van der Waals surface area contributed by atoms with Crippen molar-refractivity contribution < 1.29 is 14.8 Å². The van der Waals surface area contributed by atoms with E-state index < -0.39 is 16.9 Å². The summed E-state index contributed by atoms with van der Waals surface area (Å²) in [6.45, 7) is 4.37. The number of rotatable bonds is 4. The van der Waals surface area contributed by atoms with Crippen LogP contribution in [0.1, 0.15) is 31.7 Å². The summed E-state index contributed by atoms with van der Waals surface area (Å²) in [5.41, 5.74) is 1.24. The van der Waals surface area contributed by atoms with Crippen LogP contribution in [0.15, 0.2) is 18.2 Å². The van der Waals surface area contributed by atoms with Crippen LogP contribution in [0.5, 0.6) is 0 Å². The van der Waals surface area contributed by atoms with Crippen molar-refractivity contribution >= 4 is 17.3 Å². The molecule has 1 aromatic rings. The van der Waals surface area contributed by atoms with Crippen LogP contribution in [0.3, 0.4) is 0 Å². The van der Waals surface area contributed by atoms with E-state index in [1.807, 2.05) is 0 Å². The van der Waals surface area contributed by atoms with Gasteiger partial charge >= 0.3 is 5.97 Å². The number of aryl methyl sites for hydroxylation is 1. The lowest BCUT2D eigenvalue weighted by Gasteiger charge is -2.38. The first-order chi connectivity index (χ1) is 9.93. The zero-order valence-corrected chi connectivity index (χ0v) is 12.3. The number of carboxylic acid groups (broad SMARTS) is 1. The molecule has 1 N–H and O–H groups in total. The first-order valence-corrected chi connectivity index (χ1v) is 7.18. The molecule has 1 aromatic carbocycles. The average Bonchev–Trinajstić information content (AvgIpc) is 2.46. The molecule has 6 heteroatoms. The van der Waals surface area contributed by atoms with Crippen LogP contribution in [0.25, 0.3) is 0 Å². The van der Waals surface area contributed by atoms with Crippen LogP contribution in [-0.2, 0) is 4.79 Å². The molecule has 2 unspecified atom stereocenters. The van der Waals surface area contributed by atoms with Crippen molar-refractivity contribution in [1.82, 2.24) is 0 Å². The number of nitro groups is 1. The summed E-state index contributed by atoms with van der Waals surface area (Å²) in [5.74, 6) is -0.459. The van der Waals surface area contributed by atoms with Gasteiger partial charge in [0.2, 0.25) is 0 Å². The number of hydrogen-bond acceptors (Lipinski definition) is 4. The van der Waals surface area contributed by atoms with Crippen LogP contribution in [0.4, 0.5) is 11.4 Å². The highest BCUT2D eigenvalue weighted by atomic mass is 16.6. The number of benzene rings is 1. The summed E-state index contributed by atoms with van der Waals surface area (Å²) >= 11 is 0. The van der Waals surface area contributed by atoms with E-state index in [4.69, 9.17) is 0 Å². The third-order valence-corrected chi connectivity index (χ3v) is 4.29. The minimum absolute atomic E-state index is 0.0363. The number of piperidine rings is 1. The molecule has 0 radical (unpaired) electrons. The molecule has 0 bridgehead atoms. The lowest BCUT2D eigenvalue weighted by Crippen LogP contribution is -2.47. The van der Waals surface area contributed by atoms with Crippen molar-refractivity contribution in [2.75, 3.05) is 11.4 Å². The molecule has 6 nitrogen and oxygen atoms in total. The summed E-state index contributed by atoms with van der Waals surface area (Å²) in [4.78, 5) is 23.9. The molecule has 1 heterocycles. The number of anilines is 1. The zero-order chi connectivity index (χ0) is 15.6. The van der Waals surface area contributed by atoms with Crippen LogP contribution >= 0.6 is 0 Å². The van der Waals surface area contributed by atoms with Gasteiger partial charge in [-0.25, -0.2) is 4.79 Å². The molecule has 1 aliphatic rings. The van der Waals surface area contributed by atoms with Crippen molar-refractivity contribution in [1.29, 1.82) is 0 Å². The highest BCUT2D eigenvalue weighted by Gasteiger charge is 2.33. The molecular weight excluding hydrogens is 272 g/mol. The Morgan fingerprint density at radius 3 is 2.81 bits per heavy atom. The van der Waals surface area contributed by atoms with Crippen LogP contribution in [0, 0.1) is 23.0 Å². The highest BCUT2D eigenvalue weighted by Crippen LogP contribution is 2.32.